The van der Waals surface area contributed by atoms with Crippen molar-refractivity contribution in [3.8, 4) is 0 Å². The molecule has 12 heavy (non-hydrogen) atoms. The zero-order valence-corrected chi connectivity index (χ0v) is 8.52. The summed E-state index contributed by atoms with van der Waals surface area (Å²) < 4.78 is 10.4. The molecule has 0 radical (unpaired) electrons. The Hall–Kier alpha value is -0.510. The van der Waals surface area contributed by atoms with Crippen molar-refractivity contribution in [1.29, 1.82) is 0 Å². The Morgan fingerprint density at radius 3 is 3.00 bits per heavy atom. The molecular weight excluding hydrogens is 224 g/mol. The van der Waals surface area contributed by atoms with Crippen LogP contribution in [0.2, 0.25) is 0 Å². The molecular formula is C8H11BrO3. The molecule has 0 saturated carbocycles. The highest BCUT2D eigenvalue weighted by Gasteiger charge is 2.18. The van der Waals surface area contributed by atoms with Crippen molar-refractivity contribution in [2.45, 2.75) is 19.8 Å². The average molecular weight is 235 g/mol. The van der Waals surface area contributed by atoms with E-state index in [0.717, 1.165) is 12.8 Å². The largest absolute Gasteiger partial charge is 0.496 e. The number of carbonyl (C=O) groups is 1. The second kappa shape index (κ2) is 4.50. The quantitative estimate of drug-likeness (QED) is 0.542. The molecule has 0 aliphatic carbocycles. The highest BCUT2D eigenvalue weighted by molar-refractivity contribution is 9.12. The van der Waals surface area contributed by atoms with Crippen LogP contribution in [0.3, 0.4) is 0 Å². The van der Waals surface area contributed by atoms with E-state index in [2.05, 4.69) is 15.9 Å². The van der Waals surface area contributed by atoms with E-state index in [1.165, 1.54) is 0 Å². The summed E-state index contributed by atoms with van der Waals surface area (Å²) in [7, 11) is 0. The van der Waals surface area contributed by atoms with Crippen LogP contribution >= 0.6 is 15.9 Å². The monoisotopic (exact) mass is 234 g/mol. The first-order valence-corrected chi connectivity index (χ1v) is 4.73. The average Bonchev–Trinajstić information content (AvgIpc) is 2.55. The maximum atomic E-state index is 11.1. The van der Waals surface area contributed by atoms with Crippen molar-refractivity contribution in [2.24, 2.45) is 0 Å². The van der Waals surface area contributed by atoms with E-state index in [4.69, 9.17) is 9.47 Å². The third-order valence-electron chi connectivity index (χ3n) is 1.52. The molecule has 0 aromatic rings. The van der Waals surface area contributed by atoms with E-state index in [1.807, 2.05) is 0 Å². The van der Waals surface area contributed by atoms with Gasteiger partial charge in [-0.25, -0.2) is 4.79 Å². The van der Waals surface area contributed by atoms with Gasteiger partial charge < -0.3 is 9.47 Å². The summed E-state index contributed by atoms with van der Waals surface area (Å²) in [5.41, 5.74) is 0. The lowest BCUT2D eigenvalue weighted by molar-refractivity contribution is -0.137. The van der Waals surface area contributed by atoms with Gasteiger partial charge in [-0.15, -0.1) is 0 Å². The molecule has 0 aromatic heterocycles. The maximum absolute atomic E-state index is 11.1. The first-order chi connectivity index (χ1) is 5.75. The molecule has 0 unspecified atom stereocenters. The predicted octanol–water partition coefficient (Wildman–Crippen LogP) is 1.97. The van der Waals surface area contributed by atoms with Gasteiger partial charge in [-0.1, -0.05) is 0 Å². The molecule has 0 amide bonds. The number of rotatable bonds is 2. The first kappa shape index (κ1) is 9.58. The van der Waals surface area contributed by atoms with E-state index in [0.29, 0.717) is 23.5 Å². The van der Waals surface area contributed by atoms with Crippen molar-refractivity contribution < 1.29 is 14.3 Å². The Morgan fingerprint density at radius 2 is 2.50 bits per heavy atom. The van der Waals surface area contributed by atoms with Crippen LogP contribution in [0.15, 0.2) is 10.2 Å². The molecule has 3 nitrogen and oxygen atoms in total. The SMILES string of the molecule is CCOC(=O)C(Br)=C1CCCO1. The molecule has 0 spiro atoms. The van der Waals surface area contributed by atoms with E-state index >= 15 is 0 Å². The topological polar surface area (TPSA) is 35.5 Å². The smallest absolute Gasteiger partial charge is 0.348 e. The summed E-state index contributed by atoms with van der Waals surface area (Å²) in [6.45, 7) is 2.86. The minimum atomic E-state index is -0.339. The number of esters is 1. The van der Waals surface area contributed by atoms with E-state index in [9.17, 15) is 4.79 Å². The molecule has 1 rings (SSSR count). The number of halogens is 1. The maximum Gasteiger partial charge on any atom is 0.348 e. The lowest BCUT2D eigenvalue weighted by Crippen LogP contribution is -2.05. The van der Waals surface area contributed by atoms with Crippen LogP contribution in [0.5, 0.6) is 0 Å². The molecule has 0 bridgehead atoms. The number of carbonyl (C=O) groups excluding carboxylic acids is 1. The molecule has 68 valence electrons. The van der Waals surface area contributed by atoms with Gasteiger partial charge in [0, 0.05) is 6.42 Å². The van der Waals surface area contributed by atoms with Crippen molar-refractivity contribution >= 4 is 21.9 Å². The molecule has 1 aliphatic heterocycles. The Bertz CT molecular complexity index is 202. The van der Waals surface area contributed by atoms with E-state index in [-0.39, 0.29) is 5.97 Å². The fourth-order valence-corrected chi connectivity index (χ4v) is 1.41. The highest BCUT2D eigenvalue weighted by Crippen LogP contribution is 2.24. The molecule has 1 fully saturated rings. The van der Waals surface area contributed by atoms with Gasteiger partial charge in [0.1, 0.15) is 10.2 Å². The normalized spacial score (nSPS) is 20.2. The lowest BCUT2D eigenvalue weighted by atomic mass is 10.3. The third-order valence-corrected chi connectivity index (χ3v) is 2.29. The van der Waals surface area contributed by atoms with Gasteiger partial charge in [-0.05, 0) is 29.3 Å². The Balaban J connectivity index is 2.60. The van der Waals surface area contributed by atoms with Gasteiger partial charge in [0.25, 0.3) is 0 Å². The molecule has 0 N–H and O–H groups in total. The van der Waals surface area contributed by atoms with Gasteiger partial charge in [-0.3, -0.25) is 0 Å². The minimum Gasteiger partial charge on any atom is -0.496 e. The van der Waals surface area contributed by atoms with Crippen molar-refractivity contribution in [1.82, 2.24) is 0 Å². The van der Waals surface area contributed by atoms with Crippen LogP contribution in [0.1, 0.15) is 19.8 Å². The van der Waals surface area contributed by atoms with Crippen LogP contribution in [0.4, 0.5) is 0 Å². The summed E-state index contributed by atoms with van der Waals surface area (Å²) in [6.07, 6.45) is 1.79. The highest BCUT2D eigenvalue weighted by atomic mass is 79.9. The Kier molecular flexibility index (Phi) is 3.59. The van der Waals surface area contributed by atoms with Crippen LogP contribution < -0.4 is 0 Å². The van der Waals surface area contributed by atoms with Crippen LogP contribution in [-0.4, -0.2) is 19.2 Å². The van der Waals surface area contributed by atoms with Gasteiger partial charge in [0.15, 0.2) is 0 Å². The zero-order chi connectivity index (χ0) is 8.97. The lowest BCUT2D eigenvalue weighted by Gasteiger charge is -2.03. The molecule has 0 aromatic carbocycles. The van der Waals surface area contributed by atoms with Crippen LogP contribution in [-0.2, 0) is 14.3 Å². The summed E-state index contributed by atoms with van der Waals surface area (Å²) in [6, 6.07) is 0. The molecule has 0 atom stereocenters. The zero-order valence-electron chi connectivity index (χ0n) is 6.93. The summed E-state index contributed by atoms with van der Waals surface area (Å²) in [5, 5.41) is 0. The predicted molar refractivity (Wildman–Crippen MR) is 47.8 cm³/mol. The molecule has 1 aliphatic rings. The second-order valence-corrected chi connectivity index (χ2v) is 3.20. The van der Waals surface area contributed by atoms with Crippen LogP contribution in [0.25, 0.3) is 0 Å². The molecule has 1 saturated heterocycles. The van der Waals surface area contributed by atoms with Gasteiger partial charge in [0.05, 0.1) is 13.2 Å². The standard InChI is InChI=1S/C8H11BrO3/c1-2-11-8(10)7(9)6-4-3-5-12-6/h2-5H2,1H3. The summed E-state index contributed by atoms with van der Waals surface area (Å²) >= 11 is 3.15. The Morgan fingerprint density at radius 1 is 1.75 bits per heavy atom. The van der Waals surface area contributed by atoms with Gasteiger partial charge >= 0.3 is 5.97 Å². The molecule has 4 heteroatoms. The first-order valence-electron chi connectivity index (χ1n) is 3.94. The number of ether oxygens (including phenoxy) is 2. The number of allylic oxidation sites excluding steroid dienone is 1. The van der Waals surface area contributed by atoms with Crippen molar-refractivity contribution in [3.05, 3.63) is 10.2 Å². The summed E-state index contributed by atoms with van der Waals surface area (Å²) in [5.74, 6) is 0.378. The van der Waals surface area contributed by atoms with Crippen molar-refractivity contribution in [2.75, 3.05) is 13.2 Å². The fraction of sp³-hybridized carbons (Fsp3) is 0.625. The van der Waals surface area contributed by atoms with Gasteiger partial charge in [-0.2, -0.15) is 0 Å². The Labute approximate surface area is 79.9 Å². The second-order valence-electron chi connectivity index (χ2n) is 2.41. The number of hydrogen-bond acceptors (Lipinski definition) is 3. The minimum absolute atomic E-state index is 0.339. The molecule has 1 heterocycles. The number of hydrogen-bond donors (Lipinski definition) is 0. The van der Waals surface area contributed by atoms with E-state index in [1.54, 1.807) is 6.92 Å². The van der Waals surface area contributed by atoms with Crippen LogP contribution in [0, 0.1) is 0 Å². The van der Waals surface area contributed by atoms with Gasteiger partial charge in [0.2, 0.25) is 0 Å². The summed E-state index contributed by atoms with van der Waals surface area (Å²) in [4.78, 5) is 11.1. The third kappa shape index (κ3) is 2.24. The van der Waals surface area contributed by atoms with Crippen molar-refractivity contribution in [3.63, 3.8) is 0 Å². The van der Waals surface area contributed by atoms with E-state index < -0.39 is 0 Å². The fourth-order valence-electron chi connectivity index (χ4n) is 0.982.